The van der Waals surface area contributed by atoms with Gasteiger partial charge >= 0.3 is 0 Å². The Kier molecular flexibility index (Phi) is 7.74. The Balaban J connectivity index is 0.000000450. The van der Waals surface area contributed by atoms with E-state index in [2.05, 4.69) is 25.1 Å². The van der Waals surface area contributed by atoms with E-state index in [-0.39, 0.29) is 6.79 Å². The van der Waals surface area contributed by atoms with Crippen LogP contribution in [0.4, 0.5) is 5.69 Å². The number of nitrogens with zero attached hydrogens (tertiary/aromatic N) is 1. The van der Waals surface area contributed by atoms with Crippen LogP contribution in [0.1, 0.15) is 13.8 Å². The normalized spacial score (nSPS) is 13.2. The van der Waals surface area contributed by atoms with Crippen LogP contribution in [0.2, 0.25) is 0 Å². The van der Waals surface area contributed by atoms with E-state index < -0.39 is 10.4 Å². The van der Waals surface area contributed by atoms with E-state index >= 15 is 0 Å². The van der Waals surface area contributed by atoms with Crippen molar-refractivity contribution in [3.05, 3.63) is 12.1 Å². The highest BCUT2D eigenvalue weighted by Crippen LogP contribution is 2.39. The van der Waals surface area contributed by atoms with Crippen molar-refractivity contribution in [2.75, 3.05) is 52.9 Å². The van der Waals surface area contributed by atoms with Gasteiger partial charge in [0.15, 0.2) is 11.5 Å². The standard InChI is InChI=1S/C14H23N2O3.CH4O4S/c1-4-16(3,5-2)6-7-17-12-9-14-13(8-11(12)15)18-10-19-14;1-5-6(2,3)4/h8-9H,4-7,10,15H2,1-3H3;1H3,(H,2,3,4)/q+1;/p-1. The third-order valence-electron chi connectivity index (χ3n) is 4.12. The van der Waals surface area contributed by atoms with Crippen molar-refractivity contribution in [3.63, 3.8) is 0 Å². The molecule has 0 unspecified atom stereocenters. The molecular formula is C15H26N2O7S. The lowest BCUT2D eigenvalue weighted by Crippen LogP contribution is -2.46. The second kappa shape index (κ2) is 9.09. The smallest absolute Gasteiger partial charge is 0.231 e. The molecule has 0 aromatic heterocycles. The maximum absolute atomic E-state index is 9.22. The third-order valence-corrected chi connectivity index (χ3v) is 4.53. The van der Waals surface area contributed by atoms with Crippen LogP contribution in [0.5, 0.6) is 17.2 Å². The molecule has 2 N–H and O–H groups in total. The number of quaternary nitrogens is 1. The van der Waals surface area contributed by atoms with Crippen molar-refractivity contribution in [1.29, 1.82) is 0 Å². The number of rotatable bonds is 7. The van der Waals surface area contributed by atoms with Crippen molar-refractivity contribution >= 4 is 16.1 Å². The summed E-state index contributed by atoms with van der Waals surface area (Å²) in [6.07, 6.45) is 0. The Bertz CT molecular complexity index is 660. The Labute approximate surface area is 148 Å². The van der Waals surface area contributed by atoms with Gasteiger partial charge in [-0.1, -0.05) is 0 Å². The maximum Gasteiger partial charge on any atom is 0.231 e. The van der Waals surface area contributed by atoms with E-state index in [0.29, 0.717) is 29.5 Å². The van der Waals surface area contributed by atoms with Gasteiger partial charge in [0.2, 0.25) is 17.2 Å². The molecule has 1 aliphatic rings. The van der Waals surface area contributed by atoms with Crippen molar-refractivity contribution in [1.82, 2.24) is 0 Å². The molecule has 0 bridgehead atoms. The van der Waals surface area contributed by atoms with Gasteiger partial charge in [0, 0.05) is 12.1 Å². The molecule has 0 atom stereocenters. The number of fused-ring (bicyclic) bond motifs is 1. The van der Waals surface area contributed by atoms with Gasteiger partial charge < -0.3 is 29.0 Å². The highest BCUT2D eigenvalue weighted by molar-refractivity contribution is 7.80. The van der Waals surface area contributed by atoms with Gasteiger partial charge in [0.25, 0.3) is 0 Å². The Morgan fingerprint density at radius 2 is 1.76 bits per heavy atom. The number of anilines is 1. The number of likely N-dealkylation sites (N-methyl/N-ethyl adjacent to an activating group) is 1. The number of hydrogen-bond acceptors (Lipinski definition) is 8. The fourth-order valence-electron chi connectivity index (χ4n) is 1.98. The van der Waals surface area contributed by atoms with Gasteiger partial charge in [-0.3, -0.25) is 4.18 Å². The van der Waals surface area contributed by atoms with Crippen LogP contribution in [0, 0.1) is 0 Å². The molecular weight excluding hydrogens is 352 g/mol. The van der Waals surface area contributed by atoms with Gasteiger partial charge in [-0.05, 0) is 13.8 Å². The van der Waals surface area contributed by atoms with Crippen LogP contribution in [0.15, 0.2) is 12.1 Å². The number of ether oxygens (including phenoxy) is 3. The number of nitrogen functional groups attached to an aromatic ring is 1. The summed E-state index contributed by atoms with van der Waals surface area (Å²) in [6.45, 7) is 8.42. The molecule has 9 nitrogen and oxygen atoms in total. The number of benzene rings is 1. The van der Waals surface area contributed by atoms with Crippen LogP contribution in [-0.2, 0) is 14.6 Å². The summed E-state index contributed by atoms with van der Waals surface area (Å²) in [7, 11) is -1.38. The minimum atomic E-state index is -4.41. The summed E-state index contributed by atoms with van der Waals surface area (Å²) < 4.78 is 48.4. The first kappa shape index (κ1) is 21.3. The van der Waals surface area contributed by atoms with Crippen LogP contribution in [-0.4, -0.2) is 64.6 Å². The summed E-state index contributed by atoms with van der Waals surface area (Å²) >= 11 is 0. The summed E-state index contributed by atoms with van der Waals surface area (Å²) in [5.41, 5.74) is 6.53. The summed E-state index contributed by atoms with van der Waals surface area (Å²) in [5, 5.41) is 0. The molecule has 0 amide bonds. The van der Waals surface area contributed by atoms with Crippen molar-refractivity contribution in [3.8, 4) is 17.2 Å². The van der Waals surface area contributed by atoms with Crippen LogP contribution in [0.3, 0.4) is 0 Å². The van der Waals surface area contributed by atoms with E-state index in [1.54, 1.807) is 12.1 Å². The van der Waals surface area contributed by atoms with E-state index in [1.807, 2.05) is 0 Å². The van der Waals surface area contributed by atoms with Gasteiger partial charge in [-0.25, -0.2) is 8.42 Å². The molecule has 1 aromatic rings. The average Bonchev–Trinajstić information content (AvgIpc) is 3.01. The first-order valence-electron chi connectivity index (χ1n) is 7.81. The zero-order valence-corrected chi connectivity index (χ0v) is 15.8. The average molecular weight is 378 g/mol. The summed E-state index contributed by atoms with van der Waals surface area (Å²) in [5.74, 6) is 2.06. The number of hydrogen-bond donors (Lipinski definition) is 1. The summed E-state index contributed by atoms with van der Waals surface area (Å²) in [6, 6.07) is 3.56. The fourth-order valence-corrected chi connectivity index (χ4v) is 1.98. The monoisotopic (exact) mass is 378 g/mol. The van der Waals surface area contributed by atoms with Crippen LogP contribution >= 0.6 is 0 Å². The predicted molar refractivity (Wildman–Crippen MR) is 91.3 cm³/mol. The van der Waals surface area contributed by atoms with E-state index in [9.17, 15) is 13.0 Å². The minimum absolute atomic E-state index is 0.249. The zero-order valence-electron chi connectivity index (χ0n) is 15.0. The maximum atomic E-state index is 9.22. The number of nitrogens with two attached hydrogens (primary N) is 1. The first-order valence-corrected chi connectivity index (χ1v) is 9.14. The molecule has 0 saturated heterocycles. The molecule has 2 rings (SSSR count). The molecule has 1 aliphatic heterocycles. The van der Waals surface area contributed by atoms with E-state index in [4.69, 9.17) is 19.9 Å². The van der Waals surface area contributed by atoms with Gasteiger partial charge in [0.05, 0.1) is 32.9 Å². The topological polar surface area (TPSA) is 120 Å². The molecule has 1 heterocycles. The molecule has 0 saturated carbocycles. The lowest BCUT2D eigenvalue weighted by Gasteiger charge is -2.31. The third kappa shape index (κ3) is 6.94. The van der Waals surface area contributed by atoms with Gasteiger partial charge in [-0.15, -0.1) is 0 Å². The largest absolute Gasteiger partial charge is 0.726 e. The zero-order chi connectivity index (χ0) is 19.1. The Hall–Kier alpha value is -1.75. The Morgan fingerprint density at radius 3 is 2.24 bits per heavy atom. The SMILES string of the molecule is CC[N+](C)(CC)CCOc1cc2c(cc1N)OCO2.COS(=O)(=O)[O-]. The lowest BCUT2D eigenvalue weighted by molar-refractivity contribution is -0.906. The summed E-state index contributed by atoms with van der Waals surface area (Å²) in [4.78, 5) is 0. The van der Waals surface area contributed by atoms with Gasteiger partial charge in [0.1, 0.15) is 18.9 Å². The second-order valence-electron chi connectivity index (χ2n) is 5.64. The van der Waals surface area contributed by atoms with E-state index in [1.165, 1.54) is 0 Å². The molecule has 10 heteroatoms. The van der Waals surface area contributed by atoms with Gasteiger partial charge in [-0.2, -0.15) is 0 Å². The van der Waals surface area contributed by atoms with Crippen LogP contribution < -0.4 is 19.9 Å². The highest BCUT2D eigenvalue weighted by Gasteiger charge is 2.19. The quantitative estimate of drug-likeness (QED) is 0.322. The van der Waals surface area contributed by atoms with E-state index in [0.717, 1.165) is 31.2 Å². The van der Waals surface area contributed by atoms with Crippen molar-refractivity contribution in [2.24, 2.45) is 0 Å². The fraction of sp³-hybridized carbons (Fsp3) is 0.600. The predicted octanol–water partition coefficient (Wildman–Crippen LogP) is 0.956. The Morgan fingerprint density at radius 1 is 1.24 bits per heavy atom. The second-order valence-corrected chi connectivity index (χ2v) is 6.79. The molecule has 0 fully saturated rings. The van der Waals surface area contributed by atoms with Crippen molar-refractivity contribution in [2.45, 2.75) is 13.8 Å². The first-order chi connectivity index (χ1) is 11.6. The molecule has 1 aromatic carbocycles. The molecule has 0 aliphatic carbocycles. The van der Waals surface area contributed by atoms with Crippen molar-refractivity contribution < 1.29 is 35.8 Å². The molecule has 25 heavy (non-hydrogen) atoms. The molecule has 0 radical (unpaired) electrons. The van der Waals surface area contributed by atoms with Crippen LogP contribution in [0.25, 0.3) is 0 Å². The minimum Gasteiger partial charge on any atom is -0.726 e. The highest BCUT2D eigenvalue weighted by atomic mass is 32.3. The molecule has 0 spiro atoms. The lowest BCUT2D eigenvalue weighted by atomic mass is 10.2. The molecule has 144 valence electrons.